The van der Waals surface area contributed by atoms with Gasteiger partial charge in [-0.2, -0.15) is 0 Å². The molecule has 126 valence electrons. The van der Waals surface area contributed by atoms with Crippen molar-refractivity contribution in [1.82, 2.24) is 9.80 Å². The lowest BCUT2D eigenvalue weighted by Crippen LogP contribution is -2.47. The summed E-state index contributed by atoms with van der Waals surface area (Å²) in [4.78, 5) is 18.7. The average Bonchev–Trinajstić information content (AvgIpc) is 3.01. The lowest BCUT2D eigenvalue weighted by Gasteiger charge is -2.36. The molecule has 2 saturated heterocycles. The summed E-state index contributed by atoms with van der Waals surface area (Å²) in [6.07, 6.45) is 4.02. The Balaban J connectivity index is 1.38. The lowest BCUT2D eigenvalue weighted by atomic mass is 10.1. The van der Waals surface area contributed by atoms with Crippen molar-refractivity contribution in [2.24, 2.45) is 0 Å². The van der Waals surface area contributed by atoms with Crippen molar-refractivity contribution < 1.29 is 4.79 Å². The summed E-state index contributed by atoms with van der Waals surface area (Å²) in [5, 5.41) is 0. The largest absolute Gasteiger partial charge is 0.369 e. The molecule has 0 atom stereocenters. The highest BCUT2D eigenvalue weighted by molar-refractivity contribution is 5.77. The molecule has 0 N–H and O–H groups in total. The molecule has 1 aromatic carbocycles. The zero-order valence-electron chi connectivity index (χ0n) is 14.3. The van der Waals surface area contributed by atoms with Gasteiger partial charge in [-0.15, -0.1) is 0 Å². The summed E-state index contributed by atoms with van der Waals surface area (Å²) < 4.78 is 0. The summed E-state index contributed by atoms with van der Waals surface area (Å²) in [6, 6.07) is 9.00. The number of hydrogen-bond donors (Lipinski definition) is 0. The number of aryl methyl sites for hydroxylation is 1. The third kappa shape index (κ3) is 4.25. The molecule has 0 aromatic heterocycles. The molecule has 3 rings (SSSR count). The maximum absolute atomic E-state index is 11.6. The van der Waals surface area contributed by atoms with E-state index >= 15 is 0 Å². The van der Waals surface area contributed by atoms with Crippen LogP contribution in [0.2, 0.25) is 0 Å². The van der Waals surface area contributed by atoms with Gasteiger partial charge in [-0.05, 0) is 43.5 Å². The Hall–Kier alpha value is -1.55. The van der Waals surface area contributed by atoms with E-state index in [-0.39, 0.29) is 0 Å². The first-order valence-corrected chi connectivity index (χ1v) is 9.10. The Morgan fingerprint density at radius 2 is 1.70 bits per heavy atom. The highest BCUT2D eigenvalue weighted by Gasteiger charge is 2.21. The molecule has 2 heterocycles. The maximum atomic E-state index is 11.6. The molecular formula is C19H29N3O. The number of hydrogen-bond acceptors (Lipinski definition) is 3. The zero-order valence-corrected chi connectivity index (χ0v) is 14.3. The predicted molar refractivity (Wildman–Crippen MR) is 94.9 cm³/mol. The van der Waals surface area contributed by atoms with E-state index in [1.54, 1.807) is 0 Å². The van der Waals surface area contributed by atoms with E-state index < -0.39 is 0 Å². The highest BCUT2D eigenvalue weighted by Crippen LogP contribution is 2.18. The third-order valence-electron chi connectivity index (χ3n) is 5.16. The van der Waals surface area contributed by atoms with Crippen LogP contribution in [0.1, 0.15) is 31.7 Å². The van der Waals surface area contributed by atoms with Crippen molar-refractivity contribution in [2.45, 2.75) is 32.6 Å². The number of likely N-dealkylation sites (tertiary alicyclic amines) is 1. The minimum absolute atomic E-state index is 0.352. The molecular weight excluding hydrogens is 286 g/mol. The molecule has 0 saturated carbocycles. The van der Waals surface area contributed by atoms with E-state index in [2.05, 4.69) is 41.0 Å². The minimum Gasteiger partial charge on any atom is -0.369 e. The number of nitrogens with zero attached hydrogens (tertiary/aromatic N) is 3. The normalized spacial score (nSPS) is 19.6. The molecule has 1 aromatic rings. The van der Waals surface area contributed by atoms with Gasteiger partial charge in [0.25, 0.3) is 0 Å². The maximum Gasteiger partial charge on any atom is 0.222 e. The molecule has 2 fully saturated rings. The average molecular weight is 315 g/mol. The smallest absolute Gasteiger partial charge is 0.222 e. The molecule has 0 aliphatic carbocycles. The summed E-state index contributed by atoms with van der Waals surface area (Å²) in [6.45, 7) is 9.70. The van der Waals surface area contributed by atoms with E-state index in [1.807, 2.05) is 4.90 Å². The zero-order chi connectivity index (χ0) is 16.1. The fourth-order valence-corrected chi connectivity index (χ4v) is 3.60. The highest BCUT2D eigenvalue weighted by atomic mass is 16.2. The number of rotatable bonds is 6. The first kappa shape index (κ1) is 16.3. The molecule has 0 spiro atoms. The van der Waals surface area contributed by atoms with Gasteiger partial charge in [-0.25, -0.2) is 0 Å². The second kappa shape index (κ2) is 7.82. The Morgan fingerprint density at radius 1 is 0.957 bits per heavy atom. The van der Waals surface area contributed by atoms with Crippen molar-refractivity contribution in [2.75, 3.05) is 50.7 Å². The van der Waals surface area contributed by atoms with Gasteiger partial charge >= 0.3 is 0 Å². The molecule has 2 aliphatic rings. The molecule has 0 radical (unpaired) electrons. The van der Waals surface area contributed by atoms with Gasteiger partial charge in [0.05, 0.1) is 0 Å². The predicted octanol–water partition coefficient (Wildman–Crippen LogP) is 2.38. The fraction of sp³-hybridized carbons (Fsp3) is 0.632. The molecule has 0 bridgehead atoms. The van der Waals surface area contributed by atoms with Crippen LogP contribution in [-0.2, 0) is 11.2 Å². The van der Waals surface area contributed by atoms with Crippen molar-refractivity contribution >= 4 is 11.6 Å². The summed E-state index contributed by atoms with van der Waals surface area (Å²) >= 11 is 0. The van der Waals surface area contributed by atoms with Crippen LogP contribution in [0.5, 0.6) is 0 Å². The Labute approximate surface area is 140 Å². The molecule has 0 unspecified atom stereocenters. The lowest BCUT2D eigenvalue weighted by molar-refractivity contribution is -0.127. The number of carbonyl (C=O) groups excluding carboxylic acids is 1. The van der Waals surface area contributed by atoms with E-state index in [0.717, 1.165) is 71.5 Å². The van der Waals surface area contributed by atoms with E-state index in [9.17, 15) is 4.79 Å². The minimum atomic E-state index is 0.352. The molecule has 2 aliphatic heterocycles. The van der Waals surface area contributed by atoms with Crippen molar-refractivity contribution in [1.29, 1.82) is 0 Å². The molecule has 1 amide bonds. The number of carbonyl (C=O) groups is 1. The Morgan fingerprint density at radius 3 is 2.30 bits per heavy atom. The quantitative estimate of drug-likeness (QED) is 0.806. The second-order valence-corrected chi connectivity index (χ2v) is 6.69. The van der Waals surface area contributed by atoms with Crippen LogP contribution in [0, 0.1) is 0 Å². The first-order valence-electron chi connectivity index (χ1n) is 9.10. The van der Waals surface area contributed by atoms with Crippen LogP contribution >= 0.6 is 0 Å². The fourth-order valence-electron chi connectivity index (χ4n) is 3.60. The Kier molecular flexibility index (Phi) is 5.55. The van der Waals surface area contributed by atoms with E-state index in [0.29, 0.717) is 5.91 Å². The molecule has 4 heteroatoms. The molecule has 23 heavy (non-hydrogen) atoms. The van der Waals surface area contributed by atoms with Crippen LogP contribution in [-0.4, -0.2) is 61.5 Å². The van der Waals surface area contributed by atoms with E-state index in [4.69, 9.17) is 0 Å². The second-order valence-electron chi connectivity index (χ2n) is 6.69. The molecule has 4 nitrogen and oxygen atoms in total. The van der Waals surface area contributed by atoms with Crippen LogP contribution in [0.3, 0.4) is 0 Å². The van der Waals surface area contributed by atoms with E-state index in [1.165, 1.54) is 11.3 Å². The van der Waals surface area contributed by atoms with Crippen molar-refractivity contribution in [3.63, 3.8) is 0 Å². The van der Waals surface area contributed by atoms with Gasteiger partial charge in [-0.3, -0.25) is 9.69 Å². The van der Waals surface area contributed by atoms with Crippen LogP contribution < -0.4 is 4.90 Å². The van der Waals surface area contributed by atoms with Crippen LogP contribution in [0.25, 0.3) is 0 Å². The standard InChI is InChI=1S/C19H29N3O/c1-2-17-6-8-18(9-7-17)21-15-13-20(14-16-21)10-4-12-22-11-3-5-19(22)23/h6-9H,2-5,10-16H2,1H3. The van der Waals surface area contributed by atoms with Gasteiger partial charge < -0.3 is 9.80 Å². The number of benzene rings is 1. The van der Waals surface area contributed by atoms with Gasteiger partial charge in [0.1, 0.15) is 0 Å². The van der Waals surface area contributed by atoms with Gasteiger partial charge in [0, 0.05) is 51.4 Å². The Bertz CT molecular complexity index is 506. The van der Waals surface area contributed by atoms with Crippen molar-refractivity contribution in [3.05, 3.63) is 29.8 Å². The van der Waals surface area contributed by atoms with Gasteiger partial charge in [0.15, 0.2) is 0 Å². The number of anilines is 1. The summed E-state index contributed by atoms with van der Waals surface area (Å²) in [5.74, 6) is 0.352. The number of piperazine rings is 1. The first-order chi connectivity index (χ1) is 11.3. The van der Waals surface area contributed by atoms with Gasteiger partial charge in [-0.1, -0.05) is 19.1 Å². The van der Waals surface area contributed by atoms with Crippen LogP contribution in [0.15, 0.2) is 24.3 Å². The SMILES string of the molecule is CCc1ccc(N2CCN(CCCN3CCCC3=O)CC2)cc1. The number of amides is 1. The van der Waals surface area contributed by atoms with Crippen molar-refractivity contribution in [3.8, 4) is 0 Å². The topological polar surface area (TPSA) is 26.8 Å². The monoisotopic (exact) mass is 315 g/mol. The van der Waals surface area contributed by atoms with Crippen LogP contribution in [0.4, 0.5) is 5.69 Å². The third-order valence-corrected chi connectivity index (χ3v) is 5.16. The van der Waals surface area contributed by atoms with Gasteiger partial charge in [0.2, 0.25) is 5.91 Å². The summed E-state index contributed by atoms with van der Waals surface area (Å²) in [5.41, 5.74) is 2.76. The summed E-state index contributed by atoms with van der Waals surface area (Å²) in [7, 11) is 0.